The molecule has 112 valence electrons. The Hall–Kier alpha value is -1.39. The fourth-order valence-corrected chi connectivity index (χ4v) is 2.89. The fourth-order valence-electron chi connectivity index (χ4n) is 2.38. The van der Waals surface area contributed by atoms with Crippen molar-refractivity contribution in [1.82, 2.24) is 5.32 Å². The molecular formula is C17H19BrFNO. The second-order valence-corrected chi connectivity index (χ2v) is 5.78. The van der Waals surface area contributed by atoms with Gasteiger partial charge in [-0.2, -0.15) is 0 Å². The van der Waals surface area contributed by atoms with Crippen LogP contribution >= 0.6 is 15.9 Å². The topological polar surface area (TPSA) is 21.3 Å². The third kappa shape index (κ3) is 4.55. The van der Waals surface area contributed by atoms with Crippen LogP contribution in [0.3, 0.4) is 0 Å². The predicted octanol–water partition coefficient (Wildman–Crippen LogP) is 4.49. The fraction of sp³-hybridized carbons (Fsp3) is 0.294. The summed E-state index contributed by atoms with van der Waals surface area (Å²) in [5, 5.41) is 3.44. The van der Waals surface area contributed by atoms with Crippen molar-refractivity contribution in [2.45, 2.75) is 19.4 Å². The van der Waals surface area contributed by atoms with Crippen LogP contribution < -0.4 is 10.1 Å². The van der Waals surface area contributed by atoms with E-state index in [0.717, 1.165) is 34.3 Å². The molecule has 0 aliphatic heterocycles. The third-order valence-electron chi connectivity index (χ3n) is 3.31. The molecule has 0 amide bonds. The molecule has 1 N–H and O–H groups in total. The second kappa shape index (κ2) is 7.57. The number of hydrogen-bond donors (Lipinski definition) is 1. The molecule has 2 aromatic carbocycles. The number of nitrogens with one attached hydrogen (secondary N) is 1. The van der Waals surface area contributed by atoms with Gasteiger partial charge in [0.1, 0.15) is 11.6 Å². The third-order valence-corrected chi connectivity index (χ3v) is 3.77. The number of likely N-dealkylation sites (N-methyl/N-ethyl adjacent to an activating group) is 1. The standard InChI is InChI=1S/C17H19BrFNO/c1-3-20-17(13-5-4-6-16(10-13)21-2)9-12-7-14(18)11-15(19)8-12/h4-8,10-11,17,20H,3,9H2,1-2H3. The van der Waals surface area contributed by atoms with Gasteiger partial charge >= 0.3 is 0 Å². The van der Waals surface area contributed by atoms with Gasteiger partial charge in [0.05, 0.1) is 7.11 Å². The Morgan fingerprint density at radius 3 is 2.71 bits per heavy atom. The van der Waals surface area contributed by atoms with Crippen molar-refractivity contribution in [3.8, 4) is 5.75 Å². The molecule has 0 bridgehead atoms. The van der Waals surface area contributed by atoms with Crippen LogP contribution in [0, 0.1) is 5.82 Å². The zero-order chi connectivity index (χ0) is 15.2. The molecule has 2 rings (SSSR count). The lowest BCUT2D eigenvalue weighted by Gasteiger charge is -2.19. The summed E-state index contributed by atoms with van der Waals surface area (Å²) in [6.07, 6.45) is 0.720. The molecule has 0 heterocycles. The highest BCUT2D eigenvalue weighted by Gasteiger charge is 2.13. The van der Waals surface area contributed by atoms with Crippen molar-refractivity contribution in [3.63, 3.8) is 0 Å². The Morgan fingerprint density at radius 1 is 1.24 bits per heavy atom. The van der Waals surface area contributed by atoms with Crippen LogP contribution in [0.15, 0.2) is 46.9 Å². The van der Waals surface area contributed by atoms with Crippen molar-refractivity contribution in [2.24, 2.45) is 0 Å². The van der Waals surface area contributed by atoms with Gasteiger partial charge in [-0.3, -0.25) is 0 Å². The number of benzene rings is 2. The Bertz CT molecular complexity index is 583. The molecule has 0 fully saturated rings. The largest absolute Gasteiger partial charge is 0.497 e. The minimum atomic E-state index is -0.222. The highest BCUT2D eigenvalue weighted by Crippen LogP contribution is 2.24. The van der Waals surface area contributed by atoms with Crippen LogP contribution in [0.5, 0.6) is 5.75 Å². The zero-order valence-corrected chi connectivity index (χ0v) is 13.8. The van der Waals surface area contributed by atoms with Gasteiger partial charge in [-0.05, 0) is 54.4 Å². The molecule has 21 heavy (non-hydrogen) atoms. The summed E-state index contributed by atoms with van der Waals surface area (Å²) in [7, 11) is 1.66. The molecule has 0 aliphatic rings. The van der Waals surface area contributed by atoms with Crippen LogP contribution in [-0.4, -0.2) is 13.7 Å². The van der Waals surface area contributed by atoms with E-state index in [1.807, 2.05) is 24.3 Å². The summed E-state index contributed by atoms with van der Waals surface area (Å²) in [6.45, 7) is 2.91. The zero-order valence-electron chi connectivity index (χ0n) is 12.2. The normalized spacial score (nSPS) is 12.2. The Labute approximate surface area is 133 Å². The van der Waals surface area contributed by atoms with Gasteiger partial charge in [0.2, 0.25) is 0 Å². The van der Waals surface area contributed by atoms with Crippen molar-refractivity contribution in [3.05, 3.63) is 63.9 Å². The monoisotopic (exact) mass is 351 g/mol. The molecule has 2 aromatic rings. The maximum Gasteiger partial charge on any atom is 0.124 e. The molecule has 1 unspecified atom stereocenters. The summed E-state index contributed by atoms with van der Waals surface area (Å²) < 4.78 is 19.6. The average Bonchev–Trinajstić information content (AvgIpc) is 2.46. The average molecular weight is 352 g/mol. The highest BCUT2D eigenvalue weighted by atomic mass is 79.9. The number of ether oxygens (including phenoxy) is 1. The van der Waals surface area contributed by atoms with Crippen molar-refractivity contribution >= 4 is 15.9 Å². The van der Waals surface area contributed by atoms with Crippen LogP contribution in [-0.2, 0) is 6.42 Å². The summed E-state index contributed by atoms with van der Waals surface area (Å²) in [6, 6.07) is 13.1. The van der Waals surface area contributed by atoms with E-state index in [-0.39, 0.29) is 11.9 Å². The van der Waals surface area contributed by atoms with Crippen molar-refractivity contribution in [1.29, 1.82) is 0 Å². The maximum absolute atomic E-state index is 13.5. The molecular weight excluding hydrogens is 333 g/mol. The van der Waals surface area contributed by atoms with Gasteiger partial charge in [0, 0.05) is 10.5 Å². The van der Waals surface area contributed by atoms with E-state index in [1.54, 1.807) is 13.2 Å². The summed E-state index contributed by atoms with van der Waals surface area (Å²) >= 11 is 3.34. The minimum absolute atomic E-state index is 0.124. The van der Waals surface area contributed by atoms with Crippen LogP contribution in [0.25, 0.3) is 0 Å². The Kier molecular flexibility index (Phi) is 5.76. The number of rotatable bonds is 6. The maximum atomic E-state index is 13.5. The summed E-state index contributed by atoms with van der Waals surface area (Å²) in [5.74, 6) is 0.607. The first kappa shape index (κ1) is 16.0. The summed E-state index contributed by atoms with van der Waals surface area (Å²) in [5.41, 5.74) is 2.09. The van der Waals surface area contributed by atoms with Crippen LogP contribution in [0.2, 0.25) is 0 Å². The van der Waals surface area contributed by atoms with Crippen LogP contribution in [0.1, 0.15) is 24.1 Å². The van der Waals surface area contributed by atoms with Gasteiger partial charge < -0.3 is 10.1 Å². The van der Waals surface area contributed by atoms with Crippen molar-refractivity contribution < 1.29 is 9.13 Å². The van der Waals surface area contributed by atoms with E-state index in [1.165, 1.54) is 6.07 Å². The lowest BCUT2D eigenvalue weighted by atomic mass is 9.98. The summed E-state index contributed by atoms with van der Waals surface area (Å²) in [4.78, 5) is 0. The van der Waals surface area contributed by atoms with E-state index in [2.05, 4.69) is 34.2 Å². The first-order valence-corrected chi connectivity index (χ1v) is 7.74. The van der Waals surface area contributed by atoms with Gasteiger partial charge in [0.25, 0.3) is 0 Å². The number of methoxy groups -OCH3 is 1. The van der Waals surface area contributed by atoms with Crippen LogP contribution in [0.4, 0.5) is 4.39 Å². The Balaban J connectivity index is 2.25. The first-order valence-electron chi connectivity index (χ1n) is 6.94. The lowest BCUT2D eigenvalue weighted by Crippen LogP contribution is -2.23. The second-order valence-electron chi connectivity index (χ2n) is 4.87. The highest BCUT2D eigenvalue weighted by molar-refractivity contribution is 9.10. The van der Waals surface area contributed by atoms with Gasteiger partial charge in [-0.25, -0.2) is 4.39 Å². The smallest absolute Gasteiger partial charge is 0.124 e. The van der Waals surface area contributed by atoms with E-state index < -0.39 is 0 Å². The van der Waals surface area contributed by atoms with Gasteiger partial charge in [-0.15, -0.1) is 0 Å². The number of hydrogen-bond acceptors (Lipinski definition) is 2. The van der Waals surface area contributed by atoms with Gasteiger partial charge in [-0.1, -0.05) is 35.0 Å². The molecule has 0 aromatic heterocycles. The van der Waals surface area contributed by atoms with E-state index in [4.69, 9.17) is 4.74 Å². The molecule has 0 spiro atoms. The Morgan fingerprint density at radius 2 is 2.05 bits per heavy atom. The molecule has 4 heteroatoms. The lowest BCUT2D eigenvalue weighted by molar-refractivity contribution is 0.413. The van der Waals surface area contributed by atoms with Gasteiger partial charge in [0.15, 0.2) is 0 Å². The van der Waals surface area contributed by atoms with E-state index >= 15 is 0 Å². The molecule has 0 aliphatic carbocycles. The molecule has 0 saturated heterocycles. The minimum Gasteiger partial charge on any atom is -0.497 e. The van der Waals surface area contributed by atoms with Crippen molar-refractivity contribution in [2.75, 3.05) is 13.7 Å². The molecule has 0 radical (unpaired) electrons. The quantitative estimate of drug-likeness (QED) is 0.827. The number of halogens is 2. The van der Waals surface area contributed by atoms with E-state index in [9.17, 15) is 4.39 Å². The molecule has 0 saturated carbocycles. The first-order chi connectivity index (χ1) is 10.1. The molecule has 1 atom stereocenters. The predicted molar refractivity (Wildman–Crippen MR) is 87.2 cm³/mol. The van der Waals surface area contributed by atoms with E-state index in [0.29, 0.717) is 0 Å². The SMILES string of the molecule is CCNC(Cc1cc(F)cc(Br)c1)c1cccc(OC)c1. The molecule has 2 nitrogen and oxygen atoms in total.